The minimum Gasteiger partial charge on any atom is -0.353 e. The summed E-state index contributed by atoms with van der Waals surface area (Å²) in [6.45, 7) is 1.86. The van der Waals surface area contributed by atoms with Crippen LogP contribution in [0.15, 0.2) is 30.3 Å². The highest BCUT2D eigenvalue weighted by atomic mass is 16.5. The maximum absolute atomic E-state index is 9.23. The summed E-state index contributed by atoms with van der Waals surface area (Å²) in [5, 5.41) is 18.5. The fraction of sp³-hybridized carbons (Fsp3) is 0.400. The Morgan fingerprint density at radius 1 is 1.23 bits per heavy atom. The summed E-state index contributed by atoms with van der Waals surface area (Å²) in [5.41, 5.74) is 1.05. The quantitative estimate of drug-likeness (QED) is 0.677. The molecule has 0 aliphatic carbocycles. The predicted molar refractivity (Wildman–Crippen MR) is 50.8 cm³/mol. The van der Waals surface area contributed by atoms with Gasteiger partial charge >= 0.3 is 0 Å². The van der Waals surface area contributed by atoms with Crippen LogP contribution in [0.2, 0.25) is 0 Å². The van der Waals surface area contributed by atoms with Gasteiger partial charge in [-0.15, -0.1) is 0 Å². The standard InChI is InChI=1S/C10H15NO2/c1-10(12,13)11(2)8-9-6-4-3-5-7-9/h3-7,12-13H,8H2,1-2H3. The second-order valence-corrected chi connectivity index (χ2v) is 3.31. The maximum Gasteiger partial charge on any atom is 0.221 e. The van der Waals surface area contributed by atoms with Crippen molar-refractivity contribution in [3.05, 3.63) is 35.9 Å². The van der Waals surface area contributed by atoms with E-state index in [1.54, 1.807) is 7.05 Å². The van der Waals surface area contributed by atoms with E-state index in [9.17, 15) is 10.2 Å². The first-order valence-corrected chi connectivity index (χ1v) is 4.20. The average Bonchev–Trinajstić information content (AvgIpc) is 2.04. The number of hydrogen-bond acceptors (Lipinski definition) is 3. The lowest BCUT2D eigenvalue weighted by atomic mass is 10.2. The van der Waals surface area contributed by atoms with Gasteiger partial charge in [0.05, 0.1) is 0 Å². The van der Waals surface area contributed by atoms with Crippen LogP contribution >= 0.6 is 0 Å². The van der Waals surface area contributed by atoms with Crippen molar-refractivity contribution in [2.75, 3.05) is 7.05 Å². The highest BCUT2D eigenvalue weighted by Gasteiger charge is 2.21. The SMILES string of the molecule is CN(Cc1ccccc1)C(C)(O)O. The van der Waals surface area contributed by atoms with Gasteiger partial charge in [0.25, 0.3) is 0 Å². The van der Waals surface area contributed by atoms with Crippen LogP contribution < -0.4 is 0 Å². The Balaban J connectivity index is 2.61. The molecule has 1 rings (SSSR count). The Hall–Kier alpha value is -0.900. The summed E-state index contributed by atoms with van der Waals surface area (Å²) in [7, 11) is 1.66. The first kappa shape index (κ1) is 10.2. The van der Waals surface area contributed by atoms with E-state index in [-0.39, 0.29) is 0 Å². The minimum atomic E-state index is -1.75. The fourth-order valence-electron chi connectivity index (χ4n) is 1.01. The van der Waals surface area contributed by atoms with Gasteiger partial charge in [0.15, 0.2) is 0 Å². The van der Waals surface area contributed by atoms with Crippen LogP contribution in [0, 0.1) is 0 Å². The first-order valence-electron chi connectivity index (χ1n) is 4.20. The predicted octanol–water partition coefficient (Wildman–Crippen LogP) is 0.777. The summed E-state index contributed by atoms with van der Waals surface area (Å²) in [6.07, 6.45) is 0. The van der Waals surface area contributed by atoms with Crippen molar-refractivity contribution in [1.29, 1.82) is 0 Å². The van der Waals surface area contributed by atoms with Crippen molar-refractivity contribution in [2.45, 2.75) is 19.4 Å². The lowest BCUT2D eigenvalue weighted by Gasteiger charge is -2.28. The third-order valence-corrected chi connectivity index (χ3v) is 1.99. The molecule has 0 heterocycles. The third kappa shape index (κ3) is 3.14. The van der Waals surface area contributed by atoms with Crippen LogP contribution in [-0.4, -0.2) is 28.1 Å². The van der Waals surface area contributed by atoms with E-state index in [1.807, 2.05) is 30.3 Å². The highest BCUT2D eigenvalue weighted by Crippen LogP contribution is 2.09. The number of aliphatic hydroxyl groups is 2. The molecule has 0 spiro atoms. The molecule has 0 aliphatic rings. The van der Waals surface area contributed by atoms with Crippen LogP contribution in [0.3, 0.4) is 0 Å². The van der Waals surface area contributed by atoms with Gasteiger partial charge in [0.2, 0.25) is 5.91 Å². The van der Waals surface area contributed by atoms with Gasteiger partial charge in [-0.05, 0) is 12.6 Å². The minimum absolute atomic E-state index is 0.518. The monoisotopic (exact) mass is 181 g/mol. The van der Waals surface area contributed by atoms with E-state index in [1.165, 1.54) is 11.8 Å². The fourth-order valence-corrected chi connectivity index (χ4v) is 1.01. The van der Waals surface area contributed by atoms with Crippen molar-refractivity contribution in [1.82, 2.24) is 4.90 Å². The second-order valence-electron chi connectivity index (χ2n) is 3.31. The van der Waals surface area contributed by atoms with Crippen molar-refractivity contribution in [2.24, 2.45) is 0 Å². The van der Waals surface area contributed by atoms with Gasteiger partial charge < -0.3 is 10.2 Å². The van der Waals surface area contributed by atoms with E-state index in [2.05, 4.69) is 0 Å². The van der Waals surface area contributed by atoms with Gasteiger partial charge in [-0.1, -0.05) is 30.3 Å². The summed E-state index contributed by atoms with van der Waals surface area (Å²) in [6, 6.07) is 9.68. The summed E-state index contributed by atoms with van der Waals surface area (Å²) in [5.74, 6) is -1.75. The lowest BCUT2D eigenvalue weighted by Crippen LogP contribution is -2.42. The average molecular weight is 181 g/mol. The smallest absolute Gasteiger partial charge is 0.221 e. The molecule has 3 nitrogen and oxygen atoms in total. The molecule has 0 aromatic heterocycles. The lowest BCUT2D eigenvalue weighted by molar-refractivity contribution is -0.245. The van der Waals surface area contributed by atoms with E-state index in [0.717, 1.165) is 5.56 Å². The summed E-state index contributed by atoms with van der Waals surface area (Å²) >= 11 is 0. The van der Waals surface area contributed by atoms with Gasteiger partial charge in [-0.25, -0.2) is 0 Å². The Morgan fingerprint density at radius 3 is 2.23 bits per heavy atom. The molecular weight excluding hydrogens is 166 g/mol. The van der Waals surface area contributed by atoms with E-state index < -0.39 is 5.91 Å². The molecule has 3 heteroatoms. The van der Waals surface area contributed by atoms with Crippen molar-refractivity contribution in [3.8, 4) is 0 Å². The number of benzene rings is 1. The molecule has 0 unspecified atom stereocenters. The molecule has 0 atom stereocenters. The maximum atomic E-state index is 9.23. The van der Waals surface area contributed by atoms with Crippen LogP contribution in [0.5, 0.6) is 0 Å². The Kier molecular flexibility index (Phi) is 3.03. The zero-order chi connectivity index (χ0) is 9.90. The number of nitrogens with zero attached hydrogens (tertiary/aromatic N) is 1. The first-order chi connectivity index (χ1) is 6.00. The van der Waals surface area contributed by atoms with Crippen LogP contribution in [-0.2, 0) is 6.54 Å². The molecule has 0 saturated heterocycles. The summed E-state index contributed by atoms with van der Waals surface area (Å²) < 4.78 is 0. The molecular formula is C10H15NO2. The van der Waals surface area contributed by atoms with Crippen LogP contribution in [0.4, 0.5) is 0 Å². The highest BCUT2D eigenvalue weighted by molar-refractivity contribution is 5.14. The van der Waals surface area contributed by atoms with E-state index in [0.29, 0.717) is 6.54 Å². The van der Waals surface area contributed by atoms with Gasteiger partial charge in [0.1, 0.15) is 0 Å². The third-order valence-electron chi connectivity index (χ3n) is 1.99. The largest absolute Gasteiger partial charge is 0.353 e. The molecule has 13 heavy (non-hydrogen) atoms. The number of rotatable bonds is 3. The van der Waals surface area contributed by atoms with Gasteiger partial charge in [-0.2, -0.15) is 0 Å². The topological polar surface area (TPSA) is 43.7 Å². The molecule has 0 bridgehead atoms. The molecule has 72 valence electrons. The molecule has 0 amide bonds. The molecule has 0 radical (unpaired) electrons. The van der Waals surface area contributed by atoms with E-state index in [4.69, 9.17) is 0 Å². The summed E-state index contributed by atoms with van der Waals surface area (Å²) in [4.78, 5) is 1.46. The molecule has 1 aromatic rings. The molecule has 0 saturated carbocycles. The molecule has 1 aromatic carbocycles. The van der Waals surface area contributed by atoms with Crippen molar-refractivity contribution in [3.63, 3.8) is 0 Å². The molecule has 0 aliphatic heterocycles. The normalized spacial score (nSPS) is 12.1. The van der Waals surface area contributed by atoms with Gasteiger partial charge in [0, 0.05) is 13.5 Å². The Labute approximate surface area is 78.2 Å². The zero-order valence-corrected chi connectivity index (χ0v) is 7.94. The Bertz CT molecular complexity index is 253. The number of hydrogen-bond donors (Lipinski definition) is 2. The van der Waals surface area contributed by atoms with Crippen LogP contribution in [0.1, 0.15) is 12.5 Å². The van der Waals surface area contributed by atoms with Gasteiger partial charge in [-0.3, -0.25) is 4.90 Å². The van der Waals surface area contributed by atoms with E-state index >= 15 is 0 Å². The second kappa shape index (κ2) is 3.87. The molecule has 0 fully saturated rings. The molecule has 2 N–H and O–H groups in total. The van der Waals surface area contributed by atoms with Crippen LogP contribution in [0.25, 0.3) is 0 Å². The van der Waals surface area contributed by atoms with Crippen molar-refractivity contribution >= 4 is 0 Å². The zero-order valence-electron chi connectivity index (χ0n) is 7.94. The van der Waals surface area contributed by atoms with Crippen molar-refractivity contribution < 1.29 is 10.2 Å². The Morgan fingerprint density at radius 2 is 1.77 bits per heavy atom.